The summed E-state index contributed by atoms with van der Waals surface area (Å²) in [6, 6.07) is 13.2. The molecule has 0 fully saturated rings. The molecule has 0 saturated carbocycles. The van der Waals surface area contributed by atoms with E-state index < -0.39 is 34.1 Å². The lowest BCUT2D eigenvalue weighted by molar-refractivity contribution is -0.141. The number of sulfonamides is 1. The molecule has 0 aliphatic carbocycles. The third-order valence-corrected chi connectivity index (χ3v) is 6.59. The van der Waals surface area contributed by atoms with Crippen molar-refractivity contribution in [3.8, 4) is 0 Å². The maximum Gasteiger partial charge on any atom is 0.244 e. The van der Waals surface area contributed by atoms with E-state index in [1.165, 1.54) is 4.90 Å². The molecule has 0 radical (unpaired) electrons. The van der Waals surface area contributed by atoms with Gasteiger partial charge in [-0.2, -0.15) is 0 Å². The molecule has 1 N–H and O–H groups in total. The quantitative estimate of drug-likeness (QED) is 0.552. The summed E-state index contributed by atoms with van der Waals surface area (Å²) >= 11 is 6.01. The third kappa shape index (κ3) is 7.74. The first-order valence-corrected chi connectivity index (χ1v) is 13.3. The number of aryl methyl sites for hydroxylation is 1. The minimum absolute atomic E-state index is 0.136. The largest absolute Gasteiger partial charge is 0.350 e. The van der Waals surface area contributed by atoms with Crippen molar-refractivity contribution in [2.24, 2.45) is 0 Å². The SMILES string of the molecule is CC[C@H](C(=O)NC(C)(C)C)N(Cc1ccc(Cl)cc1)C(=O)CN(c1ccccc1C)S(C)(=O)=O. The molecule has 0 saturated heterocycles. The van der Waals surface area contributed by atoms with Gasteiger partial charge in [-0.1, -0.05) is 48.9 Å². The van der Waals surface area contributed by atoms with E-state index in [2.05, 4.69) is 5.32 Å². The van der Waals surface area contributed by atoms with Crippen molar-refractivity contribution in [1.82, 2.24) is 10.2 Å². The van der Waals surface area contributed by atoms with Gasteiger partial charge in [0, 0.05) is 17.1 Å². The Morgan fingerprint density at radius 1 is 1.06 bits per heavy atom. The standard InChI is InChI=1S/C25H34ClN3O4S/c1-7-21(24(31)27-25(3,4)5)28(16-19-12-14-20(26)15-13-19)23(30)17-29(34(6,32)33)22-11-9-8-10-18(22)2/h8-15,21H,7,16-17H2,1-6H3,(H,27,31)/t21-/m1/s1. The van der Waals surface area contributed by atoms with Crippen LogP contribution in [0.3, 0.4) is 0 Å². The Labute approximate surface area is 208 Å². The summed E-state index contributed by atoms with van der Waals surface area (Å²) in [4.78, 5) is 28.2. The summed E-state index contributed by atoms with van der Waals surface area (Å²) in [5.74, 6) is -0.765. The molecule has 2 aromatic carbocycles. The fourth-order valence-corrected chi connectivity index (χ4v) is 4.63. The maximum absolute atomic E-state index is 13.6. The van der Waals surface area contributed by atoms with Crippen molar-refractivity contribution in [3.63, 3.8) is 0 Å². The Morgan fingerprint density at radius 3 is 2.15 bits per heavy atom. The highest BCUT2D eigenvalue weighted by Crippen LogP contribution is 2.23. The first-order valence-electron chi connectivity index (χ1n) is 11.1. The predicted octanol–water partition coefficient (Wildman–Crippen LogP) is 4.14. The van der Waals surface area contributed by atoms with Crippen LogP contribution in [0.25, 0.3) is 0 Å². The number of hydrogen-bond acceptors (Lipinski definition) is 4. The molecule has 2 rings (SSSR count). The molecular formula is C25H34ClN3O4S. The molecule has 0 spiro atoms. The van der Waals surface area contributed by atoms with Crippen LogP contribution in [-0.4, -0.2) is 49.5 Å². The number of benzene rings is 2. The zero-order valence-electron chi connectivity index (χ0n) is 20.6. The maximum atomic E-state index is 13.6. The van der Waals surface area contributed by atoms with E-state index in [4.69, 9.17) is 11.6 Å². The molecule has 2 amide bonds. The fraction of sp³-hybridized carbons (Fsp3) is 0.440. The van der Waals surface area contributed by atoms with Crippen molar-refractivity contribution in [2.75, 3.05) is 17.1 Å². The Balaban J connectivity index is 2.46. The van der Waals surface area contributed by atoms with Crippen LogP contribution in [0.15, 0.2) is 48.5 Å². The van der Waals surface area contributed by atoms with Crippen molar-refractivity contribution in [1.29, 1.82) is 0 Å². The molecule has 9 heteroatoms. The number of carbonyl (C=O) groups excluding carboxylic acids is 2. The van der Waals surface area contributed by atoms with E-state index in [1.54, 1.807) is 55.5 Å². The number of para-hydroxylation sites is 1. The topological polar surface area (TPSA) is 86.8 Å². The van der Waals surface area contributed by atoms with Crippen molar-refractivity contribution in [2.45, 2.75) is 59.2 Å². The average molecular weight is 508 g/mol. The molecular weight excluding hydrogens is 474 g/mol. The van der Waals surface area contributed by atoms with E-state index in [0.29, 0.717) is 17.1 Å². The van der Waals surface area contributed by atoms with Gasteiger partial charge in [0.15, 0.2) is 0 Å². The zero-order chi connectivity index (χ0) is 25.7. The zero-order valence-corrected chi connectivity index (χ0v) is 22.2. The Morgan fingerprint density at radius 2 is 1.65 bits per heavy atom. The van der Waals surface area contributed by atoms with Gasteiger partial charge in [-0.25, -0.2) is 8.42 Å². The van der Waals surface area contributed by atoms with E-state index >= 15 is 0 Å². The highest BCUT2D eigenvalue weighted by molar-refractivity contribution is 7.92. The van der Waals surface area contributed by atoms with Crippen LogP contribution >= 0.6 is 11.6 Å². The summed E-state index contributed by atoms with van der Waals surface area (Å²) in [6.07, 6.45) is 1.43. The highest BCUT2D eigenvalue weighted by atomic mass is 35.5. The second-order valence-corrected chi connectivity index (χ2v) is 11.7. The molecule has 2 aromatic rings. The molecule has 34 heavy (non-hydrogen) atoms. The number of rotatable bonds is 9. The van der Waals surface area contributed by atoms with Gasteiger partial charge in [-0.3, -0.25) is 13.9 Å². The van der Waals surface area contributed by atoms with Crippen LogP contribution in [0.4, 0.5) is 5.69 Å². The molecule has 0 heterocycles. The molecule has 0 unspecified atom stereocenters. The van der Waals surface area contributed by atoms with Crippen molar-refractivity contribution in [3.05, 3.63) is 64.7 Å². The van der Waals surface area contributed by atoms with Gasteiger partial charge < -0.3 is 10.2 Å². The smallest absolute Gasteiger partial charge is 0.244 e. The number of hydrogen-bond donors (Lipinski definition) is 1. The number of nitrogens with one attached hydrogen (secondary N) is 1. The Hall–Kier alpha value is -2.58. The van der Waals surface area contributed by atoms with E-state index in [1.807, 2.05) is 27.7 Å². The summed E-state index contributed by atoms with van der Waals surface area (Å²) in [5.41, 5.74) is 1.44. The number of amides is 2. The van der Waals surface area contributed by atoms with Crippen LogP contribution in [0, 0.1) is 6.92 Å². The number of carbonyl (C=O) groups is 2. The van der Waals surface area contributed by atoms with Crippen LogP contribution in [0.1, 0.15) is 45.2 Å². The van der Waals surface area contributed by atoms with Crippen molar-refractivity contribution < 1.29 is 18.0 Å². The predicted molar refractivity (Wildman–Crippen MR) is 137 cm³/mol. The first kappa shape index (κ1) is 27.7. The summed E-state index contributed by atoms with van der Waals surface area (Å²) < 4.78 is 26.4. The normalized spacial score (nSPS) is 12.7. The number of halogens is 1. The van der Waals surface area contributed by atoms with Gasteiger partial charge in [0.1, 0.15) is 12.6 Å². The monoisotopic (exact) mass is 507 g/mol. The molecule has 1 atom stereocenters. The molecule has 0 bridgehead atoms. The third-order valence-electron chi connectivity index (χ3n) is 5.21. The van der Waals surface area contributed by atoms with Gasteiger partial charge >= 0.3 is 0 Å². The van der Waals surface area contributed by atoms with Gasteiger partial charge in [-0.15, -0.1) is 0 Å². The summed E-state index contributed by atoms with van der Waals surface area (Å²) in [6.45, 7) is 8.93. The van der Waals surface area contributed by atoms with Gasteiger partial charge in [0.05, 0.1) is 11.9 Å². The lowest BCUT2D eigenvalue weighted by Crippen LogP contribution is -2.55. The first-order chi connectivity index (χ1) is 15.7. The van der Waals surface area contributed by atoms with Crippen LogP contribution in [-0.2, 0) is 26.2 Å². The lowest BCUT2D eigenvalue weighted by Gasteiger charge is -2.34. The second kappa shape index (κ2) is 11.2. The van der Waals surface area contributed by atoms with E-state index in [9.17, 15) is 18.0 Å². The van der Waals surface area contributed by atoms with Gasteiger partial charge in [0.25, 0.3) is 0 Å². The molecule has 186 valence electrons. The summed E-state index contributed by atoms with van der Waals surface area (Å²) in [5, 5.41) is 3.50. The molecule has 0 aliphatic rings. The van der Waals surface area contributed by atoms with Crippen LogP contribution in [0.5, 0.6) is 0 Å². The highest BCUT2D eigenvalue weighted by Gasteiger charge is 2.33. The average Bonchev–Trinajstić information content (AvgIpc) is 2.71. The van der Waals surface area contributed by atoms with Gasteiger partial charge in [-0.05, 0) is 63.4 Å². The van der Waals surface area contributed by atoms with E-state index in [0.717, 1.165) is 21.7 Å². The number of nitrogens with zero attached hydrogens (tertiary/aromatic N) is 2. The molecule has 0 aromatic heterocycles. The van der Waals surface area contributed by atoms with Crippen LogP contribution < -0.4 is 9.62 Å². The van der Waals surface area contributed by atoms with E-state index in [-0.39, 0.29) is 12.5 Å². The Kier molecular flexibility index (Phi) is 9.14. The second-order valence-electron chi connectivity index (χ2n) is 9.37. The molecule has 0 aliphatic heterocycles. The van der Waals surface area contributed by atoms with Crippen molar-refractivity contribution >= 4 is 39.1 Å². The van der Waals surface area contributed by atoms with Crippen LogP contribution in [0.2, 0.25) is 5.02 Å². The van der Waals surface area contributed by atoms with Gasteiger partial charge in [0.2, 0.25) is 21.8 Å². The lowest BCUT2D eigenvalue weighted by atomic mass is 10.1. The number of anilines is 1. The fourth-order valence-electron chi connectivity index (χ4n) is 3.60. The minimum atomic E-state index is -3.76. The Bertz CT molecular complexity index is 1110. The summed E-state index contributed by atoms with van der Waals surface area (Å²) in [7, 11) is -3.76. The molecule has 7 nitrogen and oxygen atoms in total. The minimum Gasteiger partial charge on any atom is -0.350 e.